The van der Waals surface area contributed by atoms with Crippen LogP contribution in [-0.2, 0) is 6.54 Å². The molecule has 1 aromatic carbocycles. The van der Waals surface area contributed by atoms with Gasteiger partial charge in [0, 0.05) is 13.1 Å². The highest BCUT2D eigenvalue weighted by molar-refractivity contribution is 5.41. The summed E-state index contributed by atoms with van der Waals surface area (Å²) in [5, 5.41) is 12.8. The van der Waals surface area contributed by atoms with E-state index in [4.69, 9.17) is 4.74 Å². The third-order valence-electron chi connectivity index (χ3n) is 3.51. The molecule has 1 heterocycles. The maximum absolute atomic E-state index is 9.56. The average molecular weight is 250 g/mol. The number of aromatic hydroxyl groups is 1. The van der Waals surface area contributed by atoms with Crippen molar-refractivity contribution in [1.29, 1.82) is 0 Å². The number of nitrogens with zero attached hydrogens (tertiary/aromatic N) is 1. The highest BCUT2D eigenvalue weighted by atomic mass is 16.5. The first kappa shape index (κ1) is 13.2. The molecule has 4 heteroatoms. The van der Waals surface area contributed by atoms with E-state index < -0.39 is 0 Å². The summed E-state index contributed by atoms with van der Waals surface area (Å²) in [5.41, 5.74) is 1.19. The second-order valence-corrected chi connectivity index (χ2v) is 4.95. The lowest BCUT2D eigenvalue weighted by Gasteiger charge is -2.16. The molecule has 0 aromatic heterocycles. The molecule has 0 aliphatic carbocycles. The van der Waals surface area contributed by atoms with Crippen LogP contribution >= 0.6 is 0 Å². The molecule has 1 aromatic rings. The van der Waals surface area contributed by atoms with E-state index in [0.29, 0.717) is 5.75 Å². The number of hydrogen-bond acceptors (Lipinski definition) is 4. The monoisotopic (exact) mass is 250 g/mol. The molecular formula is C14H22N2O2. The van der Waals surface area contributed by atoms with Gasteiger partial charge in [0.25, 0.3) is 0 Å². The molecule has 1 aliphatic heterocycles. The number of phenolic OH excluding ortho intramolecular Hbond substituents is 1. The quantitative estimate of drug-likeness (QED) is 0.830. The van der Waals surface area contributed by atoms with Crippen molar-refractivity contribution in [2.24, 2.45) is 5.92 Å². The lowest BCUT2D eigenvalue weighted by atomic mass is 10.1. The van der Waals surface area contributed by atoms with Gasteiger partial charge < -0.3 is 15.2 Å². The van der Waals surface area contributed by atoms with E-state index >= 15 is 0 Å². The number of phenols is 1. The number of ether oxygens (including phenoxy) is 1. The van der Waals surface area contributed by atoms with Crippen molar-refractivity contribution < 1.29 is 9.84 Å². The van der Waals surface area contributed by atoms with Gasteiger partial charge >= 0.3 is 0 Å². The van der Waals surface area contributed by atoms with Crippen LogP contribution in [0.3, 0.4) is 0 Å². The molecule has 1 fully saturated rings. The number of benzene rings is 1. The van der Waals surface area contributed by atoms with E-state index in [1.54, 1.807) is 13.2 Å². The zero-order valence-corrected chi connectivity index (χ0v) is 11.1. The summed E-state index contributed by atoms with van der Waals surface area (Å²) in [6.45, 7) is 4.31. The Hall–Kier alpha value is -1.26. The molecule has 1 atom stereocenters. The third-order valence-corrected chi connectivity index (χ3v) is 3.51. The Labute approximate surface area is 109 Å². The number of hydrogen-bond donors (Lipinski definition) is 2. The summed E-state index contributed by atoms with van der Waals surface area (Å²) in [6.07, 6.45) is 1.26. The van der Waals surface area contributed by atoms with Gasteiger partial charge in [-0.1, -0.05) is 6.07 Å². The first-order valence-corrected chi connectivity index (χ1v) is 6.45. The van der Waals surface area contributed by atoms with Crippen LogP contribution < -0.4 is 10.1 Å². The second-order valence-electron chi connectivity index (χ2n) is 4.95. The van der Waals surface area contributed by atoms with Crippen molar-refractivity contribution >= 4 is 0 Å². The molecule has 1 unspecified atom stereocenters. The van der Waals surface area contributed by atoms with Gasteiger partial charge in [-0.25, -0.2) is 0 Å². The van der Waals surface area contributed by atoms with Crippen LogP contribution in [0.2, 0.25) is 0 Å². The minimum absolute atomic E-state index is 0.204. The zero-order valence-electron chi connectivity index (χ0n) is 11.1. The van der Waals surface area contributed by atoms with Gasteiger partial charge in [-0.3, -0.25) is 4.90 Å². The van der Waals surface area contributed by atoms with E-state index in [2.05, 4.69) is 10.2 Å². The molecule has 0 bridgehead atoms. The highest BCUT2D eigenvalue weighted by Gasteiger charge is 2.21. The molecule has 2 N–H and O–H groups in total. The fourth-order valence-electron chi connectivity index (χ4n) is 2.59. The molecule has 0 radical (unpaired) electrons. The second kappa shape index (κ2) is 6.07. The Morgan fingerprint density at radius 1 is 1.50 bits per heavy atom. The number of likely N-dealkylation sites (tertiary alicyclic amines) is 1. The van der Waals surface area contributed by atoms with Crippen molar-refractivity contribution in [2.45, 2.75) is 13.0 Å². The first-order chi connectivity index (χ1) is 8.72. The molecule has 18 heavy (non-hydrogen) atoms. The fourth-order valence-corrected chi connectivity index (χ4v) is 2.59. The van der Waals surface area contributed by atoms with Crippen molar-refractivity contribution in [3.05, 3.63) is 23.8 Å². The smallest absolute Gasteiger partial charge is 0.160 e. The summed E-state index contributed by atoms with van der Waals surface area (Å²) < 4.78 is 5.13. The Morgan fingerprint density at radius 3 is 3.06 bits per heavy atom. The van der Waals surface area contributed by atoms with E-state index in [0.717, 1.165) is 32.1 Å². The molecular weight excluding hydrogens is 228 g/mol. The topological polar surface area (TPSA) is 44.7 Å². The average Bonchev–Trinajstić information content (AvgIpc) is 2.80. The maximum Gasteiger partial charge on any atom is 0.160 e. The van der Waals surface area contributed by atoms with Crippen LogP contribution in [0.15, 0.2) is 18.2 Å². The van der Waals surface area contributed by atoms with Crippen LogP contribution in [0.25, 0.3) is 0 Å². The molecule has 1 aliphatic rings. The molecule has 1 saturated heterocycles. The standard InChI is InChI=1S/C14H22N2O2/c1-15-8-12-5-6-16(10-12)9-11-3-4-13(17)14(7-11)18-2/h3-4,7,12,15,17H,5-6,8-10H2,1-2H3. The number of methoxy groups -OCH3 is 1. The Balaban J connectivity index is 1.94. The van der Waals surface area contributed by atoms with Crippen LogP contribution in [0.1, 0.15) is 12.0 Å². The minimum atomic E-state index is 0.204. The van der Waals surface area contributed by atoms with Gasteiger partial charge in [-0.15, -0.1) is 0 Å². The molecule has 0 spiro atoms. The number of rotatable bonds is 5. The van der Waals surface area contributed by atoms with Crippen molar-refractivity contribution in [1.82, 2.24) is 10.2 Å². The van der Waals surface area contributed by atoms with Crippen LogP contribution in [0.5, 0.6) is 11.5 Å². The molecule has 4 nitrogen and oxygen atoms in total. The van der Waals surface area contributed by atoms with Gasteiger partial charge in [0.15, 0.2) is 11.5 Å². The predicted octanol–water partition coefficient (Wildman–Crippen LogP) is 1.44. The zero-order chi connectivity index (χ0) is 13.0. The van der Waals surface area contributed by atoms with Gasteiger partial charge in [0.2, 0.25) is 0 Å². The predicted molar refractivity (Wildman–Crippen MR) is 72.0 cm³/mol. The SMILES string of the molecule is CNCC1CCN(Cc2ccc(O)c(OC)c2)C1. The van der Waals surface area contributed by atoms with Gasteiger partial charge in [0.1, 0.15) is 0 Å². The Morgan fingerprint density at radius 2 is 2.33 bits per heavy atom. The summed E-state index contributed by atoms with van der Waals surface area (Å²) in [4.78, 5) is 2.45. The fraction of sp³-hybridized carbons (Fsp3) is 0.571. The first-order valence-electron chi connectivity index (χ1n) is 6.45. The van der Waals surface area contributed by atoms with Gasteiger partial charge in [0.05, 0.1) is 7.11 Å². The Kier molecular flexibility index (Phi) is 4.44. The van der Waals surface area contributed by atoms with E-state index in [-0.39, 0.29) is 5.75 Å². The molecule has 2 rings (SSSR count). The lowest BCUT2D eigenvalue weighted by Crippen LogP contribution is -2.24. The van der Waals surface area contributed by atoms with Crippen molar-refractivity contribution in [3.63, 3.8) is 0 Å². The summed E-state index contributed by atoms with van der Waals surface area (Å²) in [5.74, 6) is 1.52. The van der Waals surface area contributed by atoms with Gasteiger partial charge in [-0.05, 0) is 50.2 Å². The number of nitrogens with one attached hydrogen (secondary N) is 1. The molecule has 0 saturated carbocycles. The summed E-state index contributed by atoms with van der Waals surface area (Å²) in [6, 6.07) is 5.58. The highest BCUT2D eigenvalue weighted by Crippen LogP contribution is 2.27. The lowest BCUT2D eigenvalue weighted by molar-refractivity contribution is 0.313. The van der Waals surface area contributed by atoms with Crippen LogP contribution in [0.4, 0.5) is 0 Å². The summed E-state index contributed by atoms with van der Waals surface area (Å²) >= 11 is 0. The minimum Gasteiger partial charge on any atom is -0.504 e. The van der Waals surface area contributed by atoms with E-state index in [1.165, 1.54) is 12.0 Å². The summed E-state index contributed by atoms with van der Waals surface area (Å²) in [7, 11) is 3.59. The third kappa shape index (κ3) is 3.15. The van der Waals surface area contributed by atoms with Gasteiger partial charge in [-0.2, -0.15) is 0 Å². The van der Waals surface area contributed by atoms with Crippen molar-refractivity contribution in [3.8, 4) is 11.5 Å². The molecule has 0 amide bonds. The van der Waals surface area contributed by atoms with E-state index in [9.17, 15) is 5.11 Å². The van der Waals surface area contributed by atoms with Crippen molar-refractivity contribution in [2.75, 3.05) is 33.8 Å². The maximum atomic E-state index is 9.56. The normalized spacial score (nSPS) is 20.2. The van der Waals surface area contributed by atoms with Crippen LogP contribution in [-0.4, -0.2) is 43.8 Å². The largest absolute Gasteiger partial charge is 0.504 e. The van der Waals surface area contributed by atoms with Crippen LogP contribution in [0, 0.1) is 5.92 Å². The molecule has 100 valence electrons. The Bertz CT molecular complexity index is 395. The van der Waals surface area contributed by atoms with E-state index in [1.807, 2.05) is 19.2 Å².